The first-order valence-electron chi connectivity index (χ1n) is 6.51. The zero-order valence-electron chi connectivity index (χ0n) is 11.9. The SMILES string of the molecule is COc1ccc(C[SH]=CNc2cccc(F)c2C(=O)O)cc1. The highest BCUT2D eigenvalue weighted by molar-refractivity contribution is 7.96. The maximum Gasteiger partial charge on any atom is 0.340 e. The van der Waals surface area contributed by atoms with Crippen molar-refractivity contribution in [1.29, 1.82) is 0 Å². The summed E-state index contributed by atoms with van der Waals surface area (Å²) in [5, 5.41) is 11.9. The van der Waals surface area contributed by atoms with Gasteiger partial charge in [0, 0.05) is 11.2 Å². The van der Waals surface area contributed by atoms with Gasteiger partial charge in [0.15, 0.2) is 0 Å². The second-order valence-electron chi connectivity index (χ2n) is 4.43. The third-order valence-corrected chi connectivity index (χ3v) is 3.83. The molecule has 0 aromatic heterocycles. The molecule has 0 bridgehead atoms. The summed E-state index contributed by atoms with van der Waals surface area (Å²) in [5.74, 6) is -0.485. The maximum absolute atomic E-state index is 13.5. The van der Waals surface area contributed by atoms with Crippen LogP contribution in [-0.2, 0) is 5.75 Å². The first kappa shape index (κ1) is 16.0. The van der Waals surface area contributed by atoms with Crippen LogP contribution in [0.2, 0.25) is 0 Å². The van der Waals surface area contributed by atoms with E-state index < -0.39 is 11.8 Å². The van der Waals surface area contributed by atoms with Gasteiger partial charge in [-0.3, -0.25) is 0 Å². The summed E-state index contributed by atoms with van der Waals surface area (Å²) in [6, 6.07) is 11.8. The van der Waals surface area contributed by atoms with E-state index in [2.05, 4.69) is 5.32 Å². The number of carboxylic acids is 1. The molecule has 0 unspecified atom stereocenters. The minimum atomic E-state index is -1.29. The highest BCUT2D eigenvalue weighted by atomic mass is 32.1. The number of hydrogen-bond acceptors (Lipinski definition) is 2. The van der Waals surface area contributed by atoms with Crippen molar-refractivity contribution >= 4 is 28.5 Å². The van der Waals surface area contributed by atoms with E-state index >= 15 is 0 Å². The lowest BCUT2D eigenvalue weighted by Crippen LogP contribution is -2.06. The standard InChI is InChI=1S/C16H16FNO3S/c1-21-12-7-5-11(6-8-12)9-22-10-18-14-4-2-3-13(17)15(14)16(19)20/h2-8,10,18,22H,9H2,1H3,(H,19,20). The van der Waals surface area contributed by atoms with Gasteiger partial charge in [-0.2, -0.15) is 11.4 Å². The summed E-state index contributed by atoms with van der Waals surface area (Å²) in [7, 11) is 1.62. The molecule has 0 amide bonds. The van der Waals surface area contributed by atoms with E-state index in [-0.39, 0.29) is 11.3 Å². The molecule has 4 nitrogen and oxygen atoms in total. The molecule has 0 aliphatic rings. The van der Waals surface area contributed by atoms with Crippen LogP contribution in [0, 0.1) is 5.82 Å². The Labute approximate surface area is 131 Å². The number of halogens is 1. The zero-order chi connectivity index (χ0) is 15.9. The van der Waals surface area contributed by atoms with Gasteiger partial charge in [-0.15, -0.1) is 0 Å². The molecule has 22 heavy (non-hydrogen) atoms. The summed E-state index contributed by atoms with van der Waals surface area (Å²) < 4.78 is 18.6. The predicted molar refractivity (Wildman–Crippen MR) is 88.7 cm³/mol. The molecular formula is C16H16FNO3S. The van der Waals surface area contributed by atoms with Crippen LogP contribution < -0.4 is 10.1 Å². The average Bonchev–Trinajstić information content (AvgIpc) is 2.52. The lowest BCUT2D eigenvalue weighted by Gasteiger charge is -2.06. The minimum Gasteiger partial charge on any atom is -0.497 e. The van der Waals surface area contributed by atoms with Gasteiger partial charge in [0.2, 0.25) is 0 Å². The summed E-state index contributed by atoms with van der Waals surface area (Å²) in [6.45, 7) is 0. The Hall–Kier alpha value is -2.34. The largest absolute Gasteiger partial charge is 0.497 e. The number of benzene rings is 2. The fraction of sp³-hybridized carbons (Fsp3) is 0.125. The third-order valence-electron chi connectivity index (χ3n) is 2.97. The van der Waals surface area contributed by atoms with E-state index in [9.17, 15) is 9.18 Å². The molecular weight excluding hydrogens is 305 g/mol. The minimum absolute atomic E-state index is 0.245. The lowest BCUT2D eigenvalue weighted by atomic mass is 10.1. The second-order valence-corrected chi connectivity index (χ2v) is 5.37. The van der Waals surface area contributed by atoms with Crippen LogP contribution in [-0.4, -0.2) is 23.7 Å². The zero-order valence-corrected chi connectivity index (χ0v) is 12.8. The molecule has 116 valence electrons. The highest BCUT2D eigenvalue weighted by Crippen LogP contribution is 2.19. The Bertz CT molecular complexity index is 686. The van der Waals surface area contributed by atoms with E-state index in [0.717, 1.165) is 34.5 Å². The molecule has 0 atom stereocenters. The number of methoxy groups -OCH3 is 1. The van der Waals surface area contributed by atoms with Gasteiger partial charge < -0.3 is 15.2 Å². The van der Waals surface area contributed by atoms with Gasteiger partial charge in [0.05, 0.1) is 12.8 Å². The van der Waals surface area contributed by atoms with Gasteiger partial charge in [-0.25, -0.2) is 9.18 Å². The van der Waals surface area contributed by atoms with Crippen LogP contribution in [0.4, 0.5) is 10.1 Å². The Morgan fingerprint density at radius 2 is 2.05 bits per heavy atom. The van der Waals surface area contributed by atoms with Crippen molar-refractivity contribution in [3.05, 3.63) is 59.4 Å². The molecule has 0 saturated carbocycles. The van der Waals surface area contributed by atoms with Crippen molar-refractivity contribution < 1.29 is 19.0 Å². The van der Waals surface area contributed by atoms with Crippen LogP contribution in [0.1, 0.15) is 15.9 Å². The Morgan fingerprint density at radius 1 is 1.32 bits per heavy atom. The molecule has 0 fully saturated rings. The number of nitrogens with one attached hydrogen (secondary N) is 1. The van der Waals surface area contributed by atoms with Crippen LogP contribution in [0.5, 0.6) is 5.75 Å². The number of rotatable bonds is 6. The normalized spacial score (nSPS) is 11.0. The molecule has 0 heterocycles. The fourth-order valence-electron chi connectivity index (χ4n) is 1.86. The van der Waals surface area contributed by atoms with Crippen molar-refractivity contribution in [2.24, 2.45) is 0 Å². The molecule has 2 N–H and O–H groups in total. The number of hydrogen-bond donors (Lipinski definition) is 3. The molecule has 2 aromatic carbocycles. The Kier molecular flexibility index (Phi) is 5.55. The van der Waals surface area contributed by atoms with Crippen LogP contribution in [0.25, 0.3) is 0 Å². The summed E-state index contributed by atoms with van der Waals surface area (Å²) in [4.78, 5) is 11.0. The van der Waals surface area contributed by atoms with E-state index in [4.69, 9.17) is 9.84 Å². The number of carbonyl (C=O) groups is 1. The number of carboxylic acid groups (broad SMARTS) is 1. The van der Waals surface area contributed by atoms with Gasteiger partial charge >= 0.3 is 5.97 Å². The van der Waals surface area contributed by atoms with Crippen LogP contribution >= 0.6 is 11.4 Å². The van der Waals surface area contributed by atoms with Crippen molar-refractivity contribution in [2.75, 3.05) is 12.4 Å². The van der Waals surface area contributed by atoms with Crippen molar-refractivity contribution in [3.63, 3.8) is 0 Å². The van der Waals surface area contributed by atoms with Crippen LogP contribution in [0.3, 0.4) is 0 Å². The van der Waals surface area contributed by atoms with Crippen molar-refractivity contribution in [3.8, 4) is 5.75 Å². The molecule has 2 aromatic rings. The van der Waals surface area contributed by atoms with E-state index in [1.54, 1.807) is 12.6 Å². The Balaban J connectivity index is 2.00. The van der Waals surface area contributed by atoms with Gasteiger partial charge in [0.25, 0.3) is 0 Å². The average molecular weight is 321 g/mol. The van der Waals surface area contributed by atoms with Crippen molar-refractivity contribution in [1.82, 2.24) is 0 Å². The van der Waals surface area contributed by atoms with Crippen molar-refractivity contribution in [2.45, 2.75) is 5.75 Å². The number of anilines is 1. The molecule has 0 aliphatic heterocycles. The first-order chi connectivity index (χ1) is 10.6. The maximum atomic E-state index is 13.5. The van der Waals surface area contributed by atoms with Gasteiger partial charge in [0.1, 0.15) is 17.1 Å². The number of thiol groups is 1. The quantitative estimate of drug-likeness (QED) is 0.564. The summed E-state index contributed by atoms with van der Waals surface area (Å²) in [6.07, 6.45) is 0. The van der Waals surface area contributed by atoms with E-state index in [1.807, 2.05) is 24.3 Å². The van der Waals surface area contributed by atoms with E-state index in [1.165, 1.54) is 12.1 Å². The van der Waals surface area contributed by atoms with Gasteiger partial charge in [-0.1, -0.05) is 18.2 Å². The van der Waals surface area contributed by atoms with E-state index in [0.29, 0.717) is 0 Å². The molecule has 0 spiro atoms. The highest BCUT2D eigenvalue weighted by Gasteiger charge is 2.14. The fourth-order valence-corrected chi connectivity index (χ4v) is 2.60. The number of ether oxygens (including phenoxy) is 1. The van der Waals surface area contributed by atoms with Crippen LogP contribution in [0.15, 0.2) is 42.5 Å². The summed E-state index contributed by atoms with van der Waals surface area (Å²) in [5.41, 5.74) is 2.72. The topological polar surface area (TPSA) is 58.6 Å². The first-order valence-corrected chi connectivity index (χ1v) is 7.66. The molecule has 0 saturated heterocycles. The second kappa shape index (κ2) is 7.61. The lowest BCUT2D eigenvalue weighted by molar-refractivity contribution is 0.0693. The monoisotopic (exact) mass is 321 g/mol. The molecule has 0 radical (unpaired) electrons. The summed E-state index contributed by atoms with van der Waals surface area (Å²) >= 11 is 0.938. The smallest absolute Gasteiger partial charge is 0.340 e. The van der Waals surface area contributed by atoms with Gasteiger partial charge in [-0.05, 0) is 29.8 Å². The number of aromatic carboxylic acids is 1. The molecule has 6 heteroatoms. The Morgan fingerprint density at radius 3 is 2.68 bits per heavy atom. The predicted octanol–water partition coefficient (Wildman–Crippen LogP) is 3.37. The molecule has 0 aliphatic carbocycles. The third kappa shape index (κ3) is 4.08. The molecule has 2 rings (SSSR count).